The van der Waals surface area contributed by atoms with Gasteiger partial charge in [0, 0.05) is 6.04 Å². The maximum atomic E-state index is 13.8. The zero-order chi connectivity index (χ0) is 12.3. The van der Waals surface area contributed by atoms with Crippen LogP contribution in [0, 0.1) is 5.82 Å². The fraction of sp³-hybridized carbons (Fsp3) is 0.538. The van der Waals surface area contributed by atoms with E-state index in [0.29, 0.717) is 5.75 Å². The summed E-state index contributed by atoms with van der Waals surface area (Å²) in [4.78, 5) is 0. The molecule has 1 aromatic carbocycles. The molecule has 1 aromatic rings. The van der Waals surface area contributed by atoms with Crippen LogP contribution in [0.1, 0.15) is 30.9 Å². The minimum Gasteiger partial charge on any atom is -0.493 e. The molecule has 0 amide bonds. The second kappa shape index (κ2) is 5.36. The van der Waals surface area contributed by atoms with Gasteiger partial charge in [-0.05, 0) is 37.1 Å². The van der Waals surface area contributed by atoms with Crippen LogP contribution in [0.25, 0.3) is 0 Å². The lowest BCUT2D eigenvalue weighted by atomic mass is 9.97. The van der Waals surface area contributed by atoms with Crippen LogP contribution >= 0.6 is 0 Å². The largest absolute Gasteiger partial charge is 0.493 e. The SMILES string of the molecule is COc1cc(C2CCCCN2)cc(F)c1OC. The second-order valence-electron chi connectivity index (χ2n) is 4.24. The van der Waals surface area contributed by atoms with E-state index in [1.54, 1.807) is 0 Å². The van der Waals surface area contributed by atoms with E-state index in [0.717, 1.165) is 18.5 Å². The van der Waals surface area contributed by atoms with Crippen molar-refractivity contribution in [3.63, 3.8) is 0 Å². The van der Waals surface area contributed by atoms with E-state index in [9.17, 15) is 4.39 Å². The Morgan fingerprint density at radius 2 is 2.06 bits per heavy atom. The molecule has 1 aliphatic rings. The molecule has 0 radical (unpaired) electrons. The molecule has 1 fully saturated rings. The van der Waals surface area contributed by atoms with Gasteiger partial charge in [0.15, 0.2) is 17.3 Å². The van der Waals surface area contributed by atoms with E-state index in [1.807, 2.05) is 6.07 Å². The quantitative estimate of drug-likeness (QED) is 0.879. The van der Waals surface area contributed by atoms with Gasteiger partial charge in [-0.15, -0.1) is 0 Å². The van der Waals surface area contributed by atoms with Crippen molar-refractivity contribution < 1.29 is 13.9 Å². The van der Waals surface area contributed by atoms with Crippen molar-refractivity contribution in [3.8, 4) is 11.5 Å². The predicted molar refractivity (Wildman–Crippen MR) is 64.1 cm³/mol. The third-order valence-corrected chi connectivity index (χ3v) is 3.17. The average Bonchev–Trinajstić information content (AvgIpc) is 2.38. The molecule has 0 aromatic heterocycles. The second-order valence-corrected chi connectivity index (χ2v) is 4.24. The van der Waals surface area contributed by atoms with Gasteiger partial charge >= 0.3 is 0 Å². The molecule has 0 spiro atoms. The molecule has 0 aliphatic carbocycles. The molecular formula is C13H18FNO2. The summed E-state index contributed by atoms with van der Waals surface area (Å²) in [6, 6.07) is 3.60. The van der Waals surface area contributed by atoms with Crippen molar-refractivity contribution in [2.24, 2.45) is 0 Å². The van der Waals surface area contributed by atoms with Crippen molar-refractivity contribution in [3.05, 3.63) is 23.5 Å². The first-order chi connectivity index (χ1) is 8.26. The molecule has 4 heteroatoms. The highest BCUT2D eigenvalue weighted by molar-refractivity contribution is 5.45. The number of rotatable bonds is 3. The molecule has 2 rings (SSSR count). The van der Waals surface area contributed by atoms with Gasteiger partial charge < -0.3 is 14.8 Å². The first-order valence-electron chi connectivity index (χ1n) is 5.91. The maximum Gasteiger partial charge on any atom is 0.196 e. The van der Waals surface area contributed by atoms with Gasteiger partial charge in [-0.1, -0.05) is 6.42 Å². The normalized spacial score (nSPS) is 20.1. The summed E-state index contributed by atoms with van der Waals surface area (Å²) in [5.41, 5.74) is 0.930. The lowest BCUT2D eigenvalue weighted by Crippen LogP contribution is -2.26. The van der Waals surface area contributed by atoms with Gasteiger partial charge in [-0.25, -0.2) is 4.39 Å². The number of nitrogens with one attached hydrogen (secondary N) is 1. The summed E-state index contributed by atoms with van der Waals surface area (Å²) >= 11 is 0. The molecule has 17 heavy (non-hydrogen) atoms. The van der Waals surface area contributed by atoms with Gasteiger partial charge in [0.1, 0.15) is 0 Å². The Balaban J connectivity index is 2.31. The molecular weight excluding hydrogens is 221 g/mol. The molecule has 1 saturated heterocycles. The lowest BCUT2D eigenvalue weighted by Gasteiger charge is -2.24. The van der Waals surface area contributed by atoms with Crippen molar-refractivity contribution in [2.45, 2.75) is 25.3 Å². The number of methoxy groups -OCH3 is 2. The van der Waals surface area contributed by atoms with Crippen molar-refractivity contribution >= 4 is 0 Å². The van der Waals surface area contributed by atoms with Crippen molar-refractivity contribution in [1.29, 1.82) is 0 Å². The van der Waals surface area contributed by atoms with E-state index in [2.05, 4.69) is 5.32 Å². The van der Waals surface area contributed by atoms with Crippen molar-refractivity contribution in [2.75, 3.05) is 20.8 Å². The van der Waals surface area contributed by atoms with E-state index < -0.39 is 0 Å². The highest BCUT2D eigenvalue weighted by atomic mass is 19.1. The number of piperidine rings is 1. The van der Waals surface area contributed by atoms with Gasteiger partial charge in [0.05, 0.1) is 14.2 Å². The summed E-state index contributed by atoms with van der Waals surface area (Å²) in [7, 11) is 2.97. The summed E-state index contributed by atoms with van der Waals surface area (Å²) in [6.45, 7) is 0.987. The Bertz CT molecular complexity index is 389. The molecule has 94 valence electrons. The van der Waals surface area contributed by atoms with E-state index in [1.165, 1.54) is 33.1 Å². The highest BCUT2D eigenvalue weighted by Gasteiger charge is 2.19. The van der Waals surface area contributed by atoms with Crippen LogP contribution in [0.15, 0.2) is 12.1 Å². The topological polar surface area (TPSA) is 30.5 Å². The van der Waals surface area contributed by atoms with E-state index in [-0.39, 0.29) is 17.6 Å². The molecule has 0 bridgehead atoms. The average molecular weight is 239 g/mol. The van der Waals surface area contributed by atoms with Gasteiger partial charge in [-0.3, -0.25) is 0 Å². The minimum absolute atomic E-state index is 0.173. The highest BCUT2D eigenvalue weighted by Crippen LogP contribution is 2.35. The predicted octanol–water partition coefficient (Wildman–Crippen LogP) is 2.66. The zero-order valence-corrected chi connectivity index (χ0v) is 10.3. The summed E-state index contributed by atoms with van der Waals surface area (Å²) in [5, 5.41) is 3.39. The number of hydrogen-bond donors (Lipinski definition) is 1. The number of ether oxygens (including phenoxy) is 2. The first kappa shape index (κ1) is 12.2. The van der Waals surface area contributed by atoms with Crippen LogP contribution in [0.4, 0.5) is 4.39 Å². The molecule has 3 nitrogen and oxygen atoms in total. The lowest BCUT2D eigenvalue weighted by molar-refractivity contribution is 0.334. The van der Waals surface area contributed by atoms with E-state index in [4.69, 9.17) is 9.47 Å². The van der Waals surface area contributed by atoms with Gasteiger partial charge in [0.2, 0.25) is 0 Å². The van der Waals surface area contributed by atoms with Gasteiger partial charge in [-0.2, -0.15) is 0 Å². The molecule has 1 atom stereocenters. The molecule has 0 saturated carbocycles. The smallest absolute Gasteiger partial charge is 0.196 e. The fourth-order valence-corrected chi connectivity index (χ4v) is 2.28. The Hall–Kier alpha value is -1.29. The molecule has 1 heterocycles. The van der Waals surface area contributed by atoms with Crippen LogP contribution in [-0.4, -0.2) is 20.8 Å². The standard InChI is InChI=1S/C13H18FNO2/c1-16-12-8-9(7-10(14)13(12)17-2)11-5-3-4-6-15-11/h7-8,11,15H,3-6H2,1-2H3. The molecule has 1 unspecified atom stereocenters. The Labute approximate surface area is 101 Å². The number of benzene rings is 1. The molecule has 1 aliphatic heterocycles. The third-order valence-electron chi connectivity index (χ3n) is 3.17. The maximum absolute atomic E-state index is 13.8. The van der Waals surface area contributed by atoms with Crippen LogP contribution in [-0.2, 0) is 0 Å². The van der Waals surface area contributed by atoms with Crippen LogP contribution in [0.2, 0.25) is 0 Å². The Morgan fingerprint density at radius 1 is 1.24 bits per heavy atom. The fourth-order valence-electron chi connectivity index (χ4n) is 2.28. The first-order valence-corrected chi connectivity index (χ1v) is 5.91. The monoisotopic (exact) mass is 239 g/mol. The summed E-state index contributed by atoms with van der Waals surface area (Å²) < 4.78 is 24.0. The third kappa shape index (κ3) is 2.52. The van der Waals surface area contributed by atoms with Gasteiger partial charge in [0.25, 0.3) is 0 Å². The zero-order valence-electron chi connectivity index (χ0n) is 10.3. The van der Waals surface area contributed by atoms with Crippen molar-refractivity contribution in [1.82, 2.24) is 5.32 Å². The summed E-state index contributed by atoms with van der Waals surface area (Å²) in [5.74, 6) is 0.260. The number of hydrogen-bond acceptors (Lipinski definition) is 3. The minimum atomic E-state index is -0.366. The van der Waals surface area contributed by atoms with Crippen LogP contribution in [0.3, 0.4) is 0 Å². The van der Waals surface area contributed by atoms with Crippen LogP contribution < -0.4 is 14.8 Å². The molecule has 1 N–H and O–H groups in total. The Morgan fingerprint density at radius 3 is 2.65 bits per heavy atom. The Kier molecular flexibility index (Phi) is 3.84. The van der Waals surface area contributed by atoms with E-state index >= 15 is 0 Å². The summed E-state index contributed by atoms with van der Waals surface area (Å²) in [6.07, 6.45) is 3.40. The van der Waals surface area contributed by atoms with Crippen LogP contribution in [0.5, 0.6) is 11.5 Å². The number of halogens is 1.